The zero-order valence-corrected chi connectivity index (χ0v) is 19.8. The first-order valence-electron chi connectivity index (χ1n) is 11.8. The number of hydrogen-bond acceptors (Lipinski definition) is 4. The van der Waals surface area contributed by atoms with Gasteiger partial charge in [-0.05, 0) is 60.7 Å². The molecule has 3 aromatic rings. The highest BCUT2D eigenvalue weighted by Gasteiger charge is 2.43. The maximum absolute atomic E-state index is 13.6. The first-order valence-corrected chi connectivity index (χ1v) is 11.8. The molecule has 34 heavy (non-hydrogen) atoms. The van der Waals surface area contributed by atoms with Crippen LogP contribution in [0.4, 0.5) is 0 Å². The van der Waals surface area contributed by atoms with Gasteiger partial charge in [0.1, 0.15) is 12.4 Å². The summed E-state index contributed by atoms with van der Waals surface area (Å²) in [5.41, 5.74) is 3.05. The molecule has 0 saturated heterocycles. The van der Waals surface area contributed by atoms with Crippen LogP contribution >= 0.6 is 0 Å². The Morgan fingerprint density at radius 2 is 1.56 bits per heavy atom. The van der Waals surface area contributed by atoms with E-state index in [1.807, 2.05) is 73.7 Å². The number of ether oxygens (including phenoxy) is 2. The summed E-state index contributed by atoms with van der Waals surface area (Å²) >= 11 is 0. The molecule has 0 heterocycles. The molecule has 0 spiro atoms. The van der Waals surface area contributed by atoms with E-state index >= 15 is 0 Å². The number of carbonyl (C=O) groups is 2. The molecule has 1 aliphatic carbocycles. The van der Waals surface area contributed by atoms with E-state index in [1.165, 1.54) is 7.11 Å². The lowest BCUT2D eigenvalue weighted by Crippen LogP contribution is -2.43. The van der Waals surface area contributed by atoms with Gasteiger partial charge in [-0.2, -0.15) is 0 Å². The Morgan fingerprint density at radius 3 is 2.18 bits per heavy atom. The average Bonchev–Trinajstić information content (AvgIpc) is 3.39. The van der Waals surface area contributed by atoms with Crippen molar-refractivity contribution < 1.29 is 19.1 Å². The van der Waals surface area contributed by atoms with Crippen LogP contribution in [0.2, 0.25) is 0 Å². The van der Waals surface area contributed by atoms with Crippen molar-refractivity contribution in [3.63, 3.8) is 0 Å². The molecule has 4 rings (SSSR count). The molecule has 5 nitrogen and oxygen atoms in total. The predicted molar refractivity (Wildman–Crippen MR) is 132 cm³/mol. The van der Waals surface area contributed by atoms with Crippen molar-refractivity contribution >= 4 is 11.9 Å². The van der Waals surface area contributed by atoms with Crippen molar-refractivity contribution in [2.75, 3.05) is 7.11 Å². The van der Waals surface area contributed by atoms with Gasteiger partial charge in [0.2, 0.25) is 5.91 Å². The van der Waals surface area contributed by atoms with Gasteiger partial charge in [-0.1, -0.05) is 67.4 Å². The SMILES string of the molecule is COC(=O)c1ccc([C@H](C)NC(=O)C2(c3ccc(OCc4ccccc4)cc3)CCCC2)cc1. The summed E-state index contributed by atoms with van der Waals surface area (Å²) < 4.78 is 10.7. The van der Waals surface area contributed by atoms with Crippen LogP contribution in [0.3, 0.4) is 0 Å². The van der Waals surface area contributed by atoms with E-state index < -0.39 is 5.41 Å². The minimum Gasteiger partial charge on any atom is -0.489 e. The van der Waals surface area contributed by atoms with Crippen molar-refractivity contribution in [1.29, 1.82) is 0 Å². The second-order valence-electron chi connectivity index (χ2n) is 8.90. The van der Waals surface area contributed by atoms with Crippen molar-refractivity contribution in [3.8, 4) is 5.75 Å². The summed E-state index contributed by atoms with van der Waals surface area (Å²) in [5, 5.41) is 3.22. The van der Waals surface area contributed by atoms with E-state index in [0.717, 1.165) is 48.1 Å². The molecule has 1 amide bonds. The molecule has 1 N–H and O–H groups in total. The zero-order chi connectivity index (χ0) is 24.0. The van der Waals surface area contributed by atoms with Gasteiger partial charge in [-0.15, -0.1) is 0 Å². The second kappa shape index (κ2) is 10.6. The van der Waals surface area contributed by atoms with Crippen LogP contribution in [-0.2, 0) is 21.6 Å². The molecule has 176 valence electrons. The summed E-state index contributed by atoms with van der Waals surface area (Å²) in [6, 6.07) is 25.0. The van der Waals surface area contributed by atoms with Crippen molar-refractivity contribution in [3.05, 3.63) is 101 Å². The monoisotopic (exact) mass is 457 g/mol. The molecular formula is C29H31NO4. The minimum absolute atomic E-state index is 0.0486. The van der Waals surface area contributed by atoms with Crippen LogP contribution in [0.1, 0.15) is 65.7 Å². The molecule has 0 bridgehead atoms. The molecule has 0 radical (unpaired) electrons. The number of rotatable bonds is 8. The van der Waals surface area contributed by atoms with E-state index in [9.17, 15) is 9.59 Å². The third-order valence-electron chi connectivity index (χ3n) is 6.73. The highest BCUT2D eigenvalue weighted by molar-refractivity contribution is 5.90. The molecule has 0 unspecified atom stereocenters. The fourth-order valence-corrected chi connectivity index (χ4v) is 4.68. The van der Waals surface area contributed by atoms with Gasteiger partial charge in [0, 0.05) is 0 Å². The molecule has 1 aliphatic rings. The lowest BCUT2D eigenvalue weighted by molar-refractivity contribution is -0.127. The Kier molecular flexibility index (Phi) is 7.31. The van der Waals surface area contributed by atoms with Gasteiger partial charge in [0.15, 0.2) is 0 Å². The maximum Gasteiger partial charge on any atom is 0.337 e. The average molecular weight is 458 g/mol. The number of carbonyl (C=O) groups excluding carboxylic acids is 2. The molecule has 5 heteroatoms. The molecule has 0 aromatic heterocycles. The van der Waals surface area contributed by atoms with Crippen LogP contribution in [-0.4, -0.2) is 19.0 Å². The number of hydrogen-bond donors (Lipinski definition) is 1. The Bertz CT molecular complexity index is 1100. The van der Waals surface area contributed by atoms with Crippen LogP contribution in [0.25, 0.3) is 0 Å². The van der Waals surface area contributed by atoms with Gasteiger partial charge >= 0.3 is 5.97 Å². The number of nitrogens with one attached hydrogen (secondary N) is 1. The quantitative estimate of drug-likeness (QED) is 0.438. The largest absolute Gasteiger partial charge is 0.489 e. The first kappa shape index (κ1) is 23.6. The van der Waals surface area contributed by atoms with Gasteiger partial charge in [0.25, 0.3) is 0 Å². The molecule has 3 aromatic carbocycles. The Hall–Kier alpha value is -3.60. The third kappa shape index (κ3) is 5.14. The summed E-state index contributed by atoms with van der Waals surface area (Å²) in [6.45, 7) is 2.48. The Labute approximate surface area is 201 Å². The van der Waals surface area contributed by atoms with Crippen LogP contribution < -0.4 is 10.1 Å². The van der Waals surface area contributed by atoms with Gasteiger partial charge < -0.3 is 14.8 Å². The zero-order valence-electron chi connectivity index (χ0n) is 19.8. The Balaban J connectivity index is 1.44. The van der Waals surface area contributed by atoms with E-state index in [0.29, 0.717) is 12.2 Å². The fraction of sp³-hybridized carbons (Fsp3) is 0.310. The van der Waals surface area contributed by atoms with Gasteiger partial charge in [0.05, 0.1) is 24.1 Å². The standard InChI is InChI=1S/C29H31NO4/c1-21(23-10-12-24(13-11-23)27(31)33-2)30-28(32)29(18-6-7-19-29)25-14-16-26(17-15-25)34-20-22-8-4-3-5-9-22/h3-5,8-17,21H,6-7,18-20H2,1-2H3,(H,30,32)/t21-/m0/s1. The number of benzene rings is 3. The van der Waals surface area contributed by atoms with Gasteiger partial charge in [-0.25, -0.2) is 4.79 Å². The van der Waals surface area contributed by atoms with Crippen LogP contribution in [0.5, 0.6) is 5.75 Å². The van der Waals surface area contributed by atoms with Crippen LogP contribution in [0, 0.1) is 0 Å². The highest BCUT2D eigenvalue weighted by atomic mass is 16.5. The molecule has 0 aliphatic heterocycles. The lowest BCUT2D eigenvalue weighted by atomic mass is 9.77. The number of esters is 1. The predicted octanol–water partition coefficient (Wildman–Crippen LogP) is 5.74. The first-order chi connectivity index (χ1) is 16.5. The molecule has 1 saturated carbocycles. The van der Waals surface area contributed by atoms with E-state index in [1.54, 1.807) is 12.1 Å². The maximum atomic E-state index is 13.6. The number of amides is 1. The lowest BCUT2D eigenvalue weighted by Gasteiger charge is -2.30. The minimum atomic E-state index is -0.530. The second-order valence-corrected chi connectivity index (χ2v) is 8.90. The summed E-state index contributed by atoms with van der Waals surface area (Å²) in [5.74, 6) is 0.470. The van der Waals surface area contributed by atoms with Crippen molar-refractivity contribution in [2.24, 2.45) is 0 Å². The summed E-state index contributed by atoms with van der Waals surface area (Å²) in [7, 11) is 1.36. The molecule has 1 fully saturated rings. The molecular weight excluding hydrogens is 426 g/mol. The molecule has 1 atom stereocenters. The van der Waals surface area contributed by atoms with E-state index in [-0.39, 0.29) is 17.9 Å². The summed E-state index contributed by atoms with van der Waals surface area (Å²) in [6.07, 6.45) is 3.72. The Morgan fingerprint density at radius 1 is 0.912 bits per heavy atom. The van der Waals surface area contributed by atoms with Crippen molar-refractivity contribution in [1.82, 2.24) is 5.32 Å². The van der Waals surface area contributed by atoms with Crippen LogP contribution in [0.15, 0.2) is 78.9 Å². The summed E-state index contributed by atoms with van der Waals surface area (Å²) in [4.78, 5) is 25.2. The van der Waals surface area contributed by atoms with Crippen molar-refractivity contribution in [2.45, 2.75) is 50.7 Å². The highest BCUT2D eigenvalue weighted by Crippen LogP contribution is 2.42. The van der Waals surface area contributed by atoms with E-state index in [2.05, 4.69) is 5.32 Å². The third-order valence-corrected chi connectivity index (χ3v) is 6.73. The van der Waals surface area contributed by atoms with Gasteiger partial charge in [-0.3, -0.25) is 4.79 Å². The smallest absolute Gasteiger partial charge is 0.337 e. The fourth-order valence-electron chi connectivity index (χ4n) is 4.68. The topological polar surface area (TPSA) is 64.6 Å². The number of methoxy groups -OCH3 is 1. The normalized spacial score (nSPS) is 15.4. The van der Waals surface area contributed by atoms with E-state index in [4.69, 9.17) is 9.47 Å².